The first kappa shape index (κ1) is 13.5. The van der Waals surface area contributed by atoms with E-state index in [4.69, 9.17) is 9.84 Å². The van der Waals surface area contributed by atoms with Gasteiger partial charge >= 0.3 is 12.0 Å². The van der Waals surface area contributed by atoms with Crippen LogP contribution < -0.4 is 5.32 Å². The summed E-state index contributed by atoms with van der Waals surface area (Å²) in [7, 11) is 1.50. The van der Waals surface area contributed by atoms with Gasteiger partial charge in [0.2, 0.25) is 0 Å². The highest BCUT2D eigenvalue weighted by atomic mass is 16.5. The second-order valence-electron chi connectivity index (χ2n) is 3.83. The van der Waals surface area contributed by atoms with Crippen LogP contribution in [0.1, 0.15) is 12.8 Å². The van der Waals surface area contributed by atoms with Gasteiger partial charge in [0.1, 0.15) is 6.04 Å². The van der Waals surface area contributed by atoms with Gasteiger partial charge in [0.25, 0.3) is 0 Å². The molecule has 1 aliphatic heterocycles. The molecule has 0 fully saturated rings. The topological polar surface area (TPSA) is 78.9 Å². The predicted octanol–water partition coefficient (Wildman–Crippen LogP) is 0.448. The molecule has 6 nitrogen and oxygen atoms in total. The normalized spacial score (nSPS) is 16.6. The molecule has 0 aliphatic carbocycles. The largest absolute Gasteiger partial charge is 0.480 e. The number of carboxylic acid groups (broad SMARTS) is 1. The Morgan fingerprint density at radius 3 is 2.82 bits per heavy atom. The van der Waals surface area contributed by atoms with Crippen molar-refractivity contribution in [3.63, 3.8) is 0 Å². The number of hydrogen-bond donors (Lipinski definition) is 2. The van der Waals surface area contributed by atoms with E-state index in [1.807, 2.05) is 12.2 Å². The fourth-order valence-electron chi connectivity index (χ4n) is 1.56. The van der Waals surface area contributed by atoms with Gasteiger partial charge in [-0.25, -0.2) is 9.59 Å². The van der Waals surface area contributed by atoms with Crippen LogP contribution in [0.4, 0.5) is 4.79 Å². The Balaban J connectivity index is 2.45. The van der Waals surface area contributed by atoms with Crippen LogP contribution in [0.15, 0.2) is 12.2 Å². The van der Waals surface area contributed by atoms with Crippen LogP contribution in [0.3, 0.4) is 0 Å². The van der Waals surface area contributed by atoms with E-state index in [9.17, 15) is 9.59 Å². The van der Waals surface area contributed by atoms with Gasteiger partial charge in [0, 0.05) is 33.2 Å². The molecule has 2 N–H and O–H groups in total. The van der Waals surface area contributed by atoms with E-state index in [2.05, 4.69) is 5.32 Å². The first-order valence-electron chi connectivity index (χ1n) is 5.57. The van der Waals surface area contributed by atoms with Crippen LogP contribution in [0.5, 0.6) is 0 Å². The molecule has 1 heterocycles. The Bertz CT molecular complexity index is 304. The van der Waals surface area contributed by atoms with Gasteiger partial charge < -0.3 is 20.1 Å². The summed E-state index contributed by atoms with van der Waals surface area (Å²) in [6, 6.07) is -1.23. The lowest BCUT2D eigenvalue weighted by molar-refractivity contribution is -0.139. The molecule has 96 valence electrons. The molecule has 1 rings (SSSR count). The van der Waals surface area contributed by atoms with E-state index in [-0.39, 0.29) is 12.5 Å². The first-order valence-corrected chi connectivity index (χ1v) is 5.57. The number of rotatable bonds is 5. The number of methoxy groups -OCH3 is 1. The maximum absolute atomic E-state index is 11.8. The van der Waals surface area contributed by atoms with Gasteiger partial charge in [-0.1, -0.05) is 12.2 Å². The number of carbonyl (C=O) groups is 2. The number of urea groups is 1. The third-order valence-electron chi connectivity index (χ3n) is 2.55. The van der Waals surface area contributed by atoms with Crippen LogP contribution in [-0.2, 0) is 9.53 Å². The molecular formula is C11H18N2O4. The molecule has 1 aliphatic rings. The second-order valence-corrected chi connectivity index (χ2v) is 3.83. The van der Waals surface area contributed by atoms with Crippen molar-refractivity contribution in [3.8, 4) is 0 Å². The lowest BCUT2D eigenvalue weighted by Gasteiger charge is -2.25. The molecule has 0 radical (unpaired) electrons. The van der Waals surface area contributed by atoms with Crippen molar-refractivity contribution in [1.29, 1.82) is 0 Å². The smallest absolute Gasteiger partial charge is 0.326 e. The highest BCUT2D eigenvalue weighted by molar-refractivity contribution is 5.82. The van der Waals surface area contributed by atoms with Gasteiger partial charge in [-0.3, -0.25) is 0 Å². The molecule has 17 heavy (non-hydrogen) atoms. The minimum atomic E-state index is -1.04. The molecule has 6 heteroatoms. The van der Waals surface area contributed by atoms with Gasteiger partial charge in [-0.15, -0.1) is 0 Å². The quantitative estimate of drug-likeness (QED) is 0.686. The molecule has 0 aromatic carbocycles. The summed E-state index contributed by atoms with van der Waals surface area (Å²) in [5, 5.41) is 11.4. The minimum absolute atomic E-state index is 0.265. The number of carbonyl (C=O) groups excluding carboxylic acids is 1. The zero-order chi connectivity index (χ0) is 12.7. The number of nitrogens with one attached hydrogen (secondary N) is 1. The number of hydrogen-bond acceptors (Lipinski definition) is 3. The average molecular weight is 242 g/mol. The Morgan fingerprint density at radius 1 is 1.53 bits per heavy atom. The average Bonchev–Trinajstić information content (AvgIpc) is 2.35. The third-order valence-corrected chi connectivity index (χ3v) is 2.55. The van der Waals surface area contributed by atoms with E-state index in [1.165, 1.54) is 7.11 Å². The monoisotopic (exact) mass is 242 g/mol. The number of aliphatic carboxylic acids is 1. The van der Waals surface area contributed by atoms with E-state index in [0.717, 1.165) is 6.42 Å². The predicted molar refractivity (Wildman–Crippen MR) is 61.8 cm³/mol. The zero-order valence-electron chi connectivity index (χ0n) is 9.89. The molecule has 1 atom stereocenters. The molecule has 0 saturated carbocycles. The van der Waals surface area contributed by atoms with Gasteiger partial charge in [0.05, 0.1) is 0 Å². The van der Waals surface area contributed by atoms with Crippen molar-refractivity contribution in [1.82, 2.24) is 10.2 Å². The van der Waals surface area contributed by atoms with Crippen LogP contribution in [0.25, 0.3) is 0 Å². The van der Waals surface area contributed by atoms with Crippen molar-refractivity contribution < 1.29 is 19.4 Å². The van der Waals surface area contributed by atoms with E-state index >= 15 is 0 Å². The third kappa shape index (κ3) is 4.44. The van der Waals surface area contributed by atoms with Crippen molar-refractivity contribution in [2.75, 3.05) is 26.8 Å². The molecule has 0 aromatic heterocycles. The van der Waals surface area contributed by atoms with E-state index < -0.39 is 12.0 Å². The fraction of sp³-hybridized carbons (Fsp3) is 0.636. The molecule has 0 spiro atoms. The standard InChI is InChI=1S/C11H18N2O4/c1-17-8-5-9(10(14)15)12-11(16)13-6-3-2-4-7-13/h2-3,9H,4-8H2,1H3,(H,12,16)(H,14,15). The SMILES string of the molecule is COCCC(NC(=O)N1CC=CCC1)C(=O)O. The van der Waals surface area contributed by atoms with Crippen LogP contribution >= 0.6 is 0 Å². The van der Waals surface area contributed by atoms with E-state index in [1.54, 1.807) is 4.90 Å². The number of carboxylic acids is 1. The highest BCUT2D eigenvalue weighted by Gasteiger charge is 2.22. The Hall–Kier alpha value is -1.56. The molecular weight excluding hydrogens is 224 g/mol. The Labute approximate surface area is 100 Å². The maximum atomic E-state index is 11.8. The first-order chi connectivity index (χ1) is 8.15. The fourth-order valence-corrected chi connectivity index (χ4v) is 1.56. The lowest BCUT2D eigenvalue weighted by Crippen LogP contribution is -2.49. The Morgan fingerprint density at radius 2 is 2.29 bits per heavy atom. The van der Waals surface area contributed by atoms with Crippen molar-refractivity contribution in [3.05, 3.63) is 12.2 Å². The Kier molecular flexibility index (Phi) is 5.48. The van der Waals surface area contributed by atoms with Gasteiger partial charge in [-0.2, -0.15) is 0 Å². The van der Waals surface area contributed by atoms with Gasteiger partial charge in [0.15, 0.2) is 0 Å². The molecule has 1 unspecified atom stereocenters. The summed E-state index contributed by atoms with van der Waals surface area (Å²) in [4.78, 5) is 24.3. The number of nitrogens with zero attached hydrogens (tertiary/aromatic N) is 1. The van der Waals surface area contributed by atoms with Crippen LogP contribution in [0, 0.1) is 0 Å². The number of ether oxygens (including phenoxy) is 1. The van der Waals surface area contributed by atoms with Crippen LogP contribution in [-0.4, -0.2) is 54.9 Å². The summed E-state index contributed by atoms with van der Waals surface area (Å²) in [5.74, 6) is -1.04. The zero-order valence-corrected chi connectivity index (χ0v) is 9.89. The molecule has 0 saturated heterocycles. The number of amides is 2. The second kappa shape index (κ2) is 6.90. The molecule has 0 bridgehead atoms. The summed E-state index contributed by atoms with van der Waals surface area (Å²) in [6.07, 6.45) is 4.97. The van der Waals surface area contributed by atoms with E-state index in [0.29, 0.717) is 19.7 Å². The van der Waals surface area contributed by atoms with Crippen LogP contribution in [0.2, 0.25) is 0 Å². The summed E-state index contributed by atoms with van der Waals surface area (Å²) in [5.41, 5.74) is 0. The van der Waals surface area contributed by atoms with Crippen molar-refractivity contribution in [2.24, 2.45) is 0 Å². The summed E-state index contributed by atoms with van der Waals surface area (Å²) >= 11 is 0. The van der Waals surface area contributed by atoms with Gasteiger partial charge in [-0.05, 0) is 6.42 Å². The van der Waals surface area contributed by atoms with Crippen molar-refractivity contribution >= 4 is 12.0 Å². The molecule has 2 amide bonds. The van der Waals surface area contributed by atoms with Crippen molar-refractivity contribution in [2.45, 2.75) is 18.9 Å². The maximum Gasteiger partial charge on any atom is 0.326 e. The minimum Gasteiger partial charge on any atom is -0.480 e. The summed E-state index contributed by atoms with van der Waals surface area (Å²) in [6.45, 7) is 1.46. The lowest BCUT2D eigenvalue weighted by atomic mass is 10.2. The molecule has 0 aromatic rings. The summed E-state index contributed by atoms with van der Waals surface area (Å²) < 4.78 is 4.81. The highest BCUT2D eigenvalue weighted by Crippen LogP contribution is 2.02.